The molecule has 0 aliphatic rings. The van der Waals surface area contributed by atoms with Gasteiger partial charge in [-0.3, -0.25) is 0 Å². The molecule has 0 amide bonds. The van der Waals surface area contributed by atoms with Crippen LogP contribution in [-0.4, -0.2) is 23.6 Å². The molecule has 0 bridgehead atoms. The lowest BCUT2D eigenvalue weighted by Gasteiger charge is -2.18. The molecule has 0 aliphatic carbocycles. The Morgan fingerprint density at radius 3 is 2.62 bits per heavy atom. The van der Waals surface area contributed by atoms with Crippen molar-refractivity contribution in [3.63, 3.8) is 0 Å². The van der Waals surface area contributed by atoms with E-state index in [2.05, 4.69) is 36.1 Å². The van der Waals surface area contributed by atoms with Crippen LogP contribution in [0.15, 0.2) is 30.6 Å². The fourth-order valence-electron chi connectivity index (χ4n) is 2.38. The lowest BCUT2D eigenvalue weighted by Crippen LogP contribution is -2.09. The number of nitrogens with one attached hydrogen (secondary N) is 1. The molecule has 0 aliphatic heterocycles. The zero-order chi connectivity index (χ0) is 15.2. The first-order valence-electron chi connectivity index (χ1n) is 7.41. The molecule has 112 valence electrons. The maximum atomic E-state index is 5.47. The van der Waals surface area contributed by atoms with Gasteiger partial charge >= 0.3 is 0 Å². The van der Waals surface area contributed by atoms with Gasteiger partial charge in [-0.2, -0.15) is 0 Å². The van der Waals surface area contributed by atoms with E-state index < -0.39 is 0 Å². The number of ether oxygens (including phenoxy) is 1. The standard InChI is InChI=1S/C17H23N3O/c1-5-10-18-17-15(12(2)3)16(19-11-20-17)13-8-6-7-9-14(13)21-4/h6-9,11-12H,5,10H2,1-4H3,(H,18,19,20). The molecule has 21 heavy (non-hydrogen) atoms. The minimum Gasteiger partial charge on any atom is -0.496 e. The van der Waals surface area contributed by atoms with Crippen LogP contribution >= 0.6 is 0 Å². The Balaban J connectivity index is 2.57. The molecule has 0 saturated carbocycles. The van der Waals surface area contributed by atoms with Gasteiger partial charge in [0.05, 0.1) is 12.8 Å². The largest absolute Gasteiger partial charge is 0.496 e. The summed E-state index contributed by atoms with van der Waals surface area (Å²) in [5.74, 6) is 2.08. The van der Waals surface area contributed by atoms with Gasteiger partial charge in [-0.25, -0.2) is 9.97 Å². The second-order valence-corrected chi connectivity index (χ2v) is 5.27. The van der Waals surface area contributed by atoms with Crippen molar-refractivity contribution in [1.29, 1.82) is 0 Å². The summed E-state index contributed by atoms with van der Waals surface area (Å²) in [5, 5.41) is 3.40. The zero-order valence-electron chi connectivity index (χ0n) is 13.2. The molecule has 1 aromatic heterocycles. The topological polar surface area (TPSA) is 47.0 Å². The molecule has 1 N–H and O–H groups in total. The average Bonchev–Trinajstić information content (AvgIpc) is 2.52. The number of benzene rings is 1. The van der Waals surface area contributed by atoms with Crippen molar-refractivity contribution < 1.29 is 4.74 Å². The summed E-state index contributed by atoms with van der Waals surface area (Å²) in [4.78, 5) is 8.93. The van der Waals surface area contributed by atoms with Crippen molar-refractivity contribution in [3.05, 3.63) is 36.2 Å². The molecule has 1 aromatic carbocycles. The minimum atomic E-state index is 0.325. The summed E-state index contributed by atoms with van der Waals surface area (Å²) in [6.45, 7) is 7.37. The van der Waals surface area contributed by atoms with Crippen LogP contribution in [0.25, 0.3) is 11.3 Å². The Morgan fingerprint density at radius 1 is 1.19 bits per heavy atom. The SMILES string of the molecule is CCCNc1ncnc(-c2ccccc2OC)c1C(C)C. The molecular formula is C17H23N3O. The molecule has 4 nitrogen and oxygen atoms in total. The number of hydrogen-bond donors (Lipinski definition) is 1. The summed E-state index contributed by atoms with van der Waals surface area (Å²) in [7, 11) is 1.69. The normalized spacial score (nSPS) is 10.7. The molecule has 0 saturated heterocycles. The fourth-order valence-corrected chi connectivity index (χ4v) is 2.38. The van der Waals surface area contributed by atoms with Crippen LogP contribution in [0, 0.1) is 0 Å². The fraction of sp³-hybridized carbons (Fsp3) is 0.412. The van der Waals surface area contributed by atoms with E-state index in [0.29, 0.717) is 5.92 Å². The Labute approximate surface area is 126 Å². The molecule has 0 spiro atoms. The Bertz CT molecular complexity index is 596. The zero-order valence-corrected chi connectivity index (χ0v) is 13.2. The Kier molecular flexibility index (Phi) is 5.14. The molecular weight excluding hydrogens is 262 g/mol. The van der Waals surface area contributed by atoms with Crippen LogP contribution in [0.2, 0.25) is 0 Å². The number of nitrogens with zero attached hydrogens (tertiary/aromatic N) is 2. The van der Waals surface area contributed by atoms with E-state index in [4.69, 9.17) is 4.74 Å². The van der Waals surface area contributed by atoms with E-state index >= 15 is 0 Å². The lowest BCUT2D eigenvalue weighted by molar-refractivity contribution is 0.416. The predicted octanol–water partition coefficient (Wildman–Crippen LogP) is 4.10. The number of hydrogen-bond acceptors (Lipinski definition) is 4. The molecule has 0 atom stereocenters. The summed E-state index contributed by atoms with van der Waals surface area (Å²) >= 11 is 0. The van der Waals surface area contributed by atoms with E-state index in [1.54, 1.807) is 13.4 Å². The van der Waals surface area contributed by atoms with Gasteiger partial charge < -0.3 is 10.1 Å². The number of methoxy groups -OCH3 is 1. The third-order valence-electron chi connectivity index (χ3n) is 3.37. The molecule has 0 fully saturated rings. The average molecular weight is 285 g/mol. The van der Waals surface area contributed by atoms with Gasteiger partial charge in [-0.15, -0.1) is 0 Å². The highest BCUT2D eigenvalue weighted by Gasteiger charge is 2.18. The van der Waals surface area contributed by atoms with Crippen molar-refractivity contribution in [2.75, 3.05) is 19.0 Å². The first kappa shape index (κ1) is 15.3. The second kappa shape index (κ2) is 7.07. The maximum absolute atomic E-state index is 5.47. The molecule has 2 rings (SSSR count). The predicted molar refractivity (Wildman–Crippen MR) is 86.9 cm³/mol. The number of rotatable bonds is 6. The number of para-hydroxylation sites is 1. The van der Waals surface area contributed by atoms with Crippen LogP contribution in [-0.2, 0) is 0 Å². The van der Waals surface area contributed by atoms with Crippen molar-refractivity contribution >= 4 is 5.82 Å². The van der Waals surface area contributed by atoms with Gasteiger partial charge in [0.1, 0.15) is 17.9 Å². The Hall–Kier alpha value is -2.10. The lowest BCUT2D eigenvalue weighted by atomic mass is 9.97. The first-order valence-corrected chi connectivity index (χ1v) is 7.41. The number of anilines is 1. The van der Waals surface area contributed by atoms with E-state index in [9.17, 15) is 0 Å². The quantitative estimate of drug-likeness (QED) is 0.868. The molecule has 0 unspecified atom stereocenters. The summed E-state index contributed by atoms with van der Waals surface area (Å²) in [6.07, 6.45) is 2.68. The van der Waals surface area contributed by atoms with E-state index in [0.717, 1.165) is 41.4 Å². The van der Waals surface area contributed by atoms with Crippen LogP contribution < -0.4 is 10.1 Å². The van der Waals surface area contributed by atoms with Crippen molar-refractivity contribution in [2.45, 2.75) is 33.1 Å². The molecule has 0 radical (unpaired) electrons. The maximum Gasteiger partial charge on any atom is 0.133 e. The highest BCUT2D eigenvalue weighted by Crippen LogP contribution is 2.36. The summed E-state index contributed by atoms with van der Waals surface area (Å²) in [5.41, 5.74) is 3.08. The van der Waals surface area contributed by atoms with Gasteiger partial charge in [0.2, 0.25) is 0 Å². The summed E-state index contributed by atoms with van der Waals surface area (Å²) in [6, 6.07) is 7.97. The minimum absolute atomic E-state index is 0.325. The third-order valence-corrected chi connectivity index (χ3v) is 3.37. The first-order chi connectivity index (χ1) is 10.2. The number of aromatic nitrogens is 2. The van der Waals surface area contributed by atoms with Crippen molar-refractivity contribution in [2.24, 2.45) is 0 Å². The van der Waals surface area contributed by atoms with Gasteiger partial charge in [0.25, 0.3) is 0 Å². The molecule has 1 heterocycles. The highest BCUT2D eigenvalue weighted by atomic mass is 16.5. The van der Waals surface area contributed by atoms with Gasteiger partial charge in [-0.05, 0) is 24.5 Å². The van der Waals surface area contributed by atoms with Crippen molar-refractivity contribution in [3.8, 4) is 17.0 Å². The molecule has 2 aromatic rings. The van der Waals surface area contributed by atoms with E-state index in [1.807, 2.05) is 24.3 Å². The summed E-state index contributed by atoms with van der Waals surface area (Å²) < 4.78 is 5.47. The Morgan fingerprint density at radius 2 is 1.95 bits per heavy atom. The van der Waals surface area contributed by atoms with Crippen LogP contribution in [0.4, 0.5) is 5.82 Å². The van der Waals surface area contributed by atoms with Crippen LogP contribution in [0.3, 0.4) is 0 Å². The van der Waals surface area contributed by atoms with Gasteiger partial charge in [0, 0.05) is 17.7 Å². The van der Waals surface area contributed by atoms with Gasteiger partial charge in [0.15, 0.2) is 0 Å². The van der Waals surface area contributed by atoms with Crippen LogP contribution in [0.5, 0.6) is 5.75 Å². The second-order valence-electron chi connectivity index (χ2n) is 5.27. The van der Waals surface area contributed by atoms with E-state index in [-0.39, 0.29) is 0 Å². The monoisotopic (exact) mass is 285 g/mol. The smallest absolute Gasteiger partial charge is 0.133 e. The van der Waals surface area contributed by atoms with Gasteiger partial charge in [-0.1, -0.05) is 32.9 Å². The van der Waals surface area contributed by atoms with Crippen molar-refractivity contribution in [1.82, 2.24) is 9.97 Å². The third kappa shape index (κ3) is 3.32. The molecule has 4 heteroatoms. The van der Waals surface area contributed by atoms with Crippen LogP contribution in [0.1, 0.15) is 38.7 Å². The van der Waals surface area contributed by atoms with E-state index in [1.165, 1.54) is 0 Å². The highest BCUT2D eigenvalue weighted by molar-refractivity contribution is 5.74.